The van der Waals surface area contributed by atoms with Gasteiger partial charge in [0, 0.05) is 33.1 Å². The highest BCUT2D eigenvalue weighted by molar-refractivity contribution is 6.12. The SMILES string of the molecule is c1ccc(-c2ccc(N(c3ccc4c(c3)c3ccccc3n4-c3cccc4c3C3(c5ccccc5-c5ccccc53)c3ccccc3-4)c3cccc4ccccc34)cc2)cc1. The Morgan fingerprint density at radius 3 is 1.61 bits per heavy atom. The minimum Gasteiger partial charge on any atom is -0.310 e. The summed E-state index contributed by atoms with van der Waals surface area (Å²) in [6.45, 7) is 0. The maximum atomic E-state index is 2.54. The molecule has 0 bridgehead atoms. The fourth-order valence-corrected chi connectivity index (χ4v) is 10.9. The van der Waals surface area contributed by atoms with Crippen LogP contribution in [0.2, 0.25) is 0 Å². The van der Waals surface area contributed by atoms with Crippen LogP contribution in [0.25, 0.3) is 71.6 Å². The summed E-state index contributed by atoms with van der Waals surface area (Å²) in [4.78, 5) is 2.43. The van der Waals surface area contributed by atoms with Gasteiger partial charge in [-0.2, -0.15) is 0 Å². The Balaban J connectivity index is 1.07. The van der Waals surface area contributed by atoms with E-state index < -0.39 is 5.41 Å². The Bertz CT molecular complexity index is 3470. The van der Waals surface area contributed by atoms with Crippen LogP contribution in [0.1, 0.15) is 22.3 Å². The minimum absolute atomic E-state index is 0.468. The zero-order valence-corrected chi connectivity index (χ0v) is 33.3. The summed E-state index contributed by atoms with van der Waals surface area (Å²) in [6.07, 6.45) is 0. The van der Waals surface area contributed by atoms with Crippen molar-refractivity contribution in [3.05, 3.63) is 253 Å². The molecular weight excluding hydrogens is 737 g/mol. The van der Waals surface area contributed by atoms with Crippen LogP contribution in [-0.4, -0.2) is 4.57 Å². The predicted molar refractivity (Wildman–Crippen MR) is 255 cm³/mol. The van der Waals surface area contributed by atoms with Gasteiger partial charge >= 0.3 is 0 Å². The number of para-hydroxylation sites is 1. The fraction of sp³-hybridized carbons (Fsp3) is 0.0169. The molecule has 0 atom stereocenters. The number of anilines is 3. The number of rotatable bonds is 5. The molecule has 1 heterocycles. The van der Waals surface area contributed by atoms with Gasteiger partial charge in [0.25, 0.3) is 0 Å². The average molecular weight is 775 g/mol. The number of hydrogen-bond donors (Lipinski definition) is 0. The second-order valence-electron chi connectivity index (χ2n) is 16.4. The third-order valence-electron chi connectivity index (χ3n) is 13.4. The van der Waals surface area contributed by atoms with Crippen LogP contribution in [0.5, 0.6) is 0 Å². The van der Waals surface area contributed by atoms with Crippen molar-refractivity contribution in [3.63, 3.8) is 0 Å². The largest absolute Gasteiger partial charge is 0.310 e. The highest BCUT2D eigenvalue weighted by Gasteiger charge is 2.53. The Hall–Kier alpha value is -7.94. The van der Waals surface area contributed by atoms with Gasteiger partial charge in [-0.3, -0.25) is 0 Å². The predicted octanol–water partition coefficient (Wildman–Crippen LogP) is 15.4. The number of hydrogen-bond acceptors (Lipinski definition) is 1. The molecule has 2 heteroatoms. The molecule has 284 valence electrons. The van der Waals surface area contributed by atoms with E-state index in [-0.39, 0.29) is 0 Å². The number of aromatic nitrogens is 1. The Kier molecular flexibility index (Phi) is 7.26. The number of benzene rings is 10. The molecule has 2 nitrogen and oxygen atoms in total. The summed E-state index contributed by atoms with van der Waals surface area (Å²) < 4.78 is 2.54. The molecule has 0 N–H and O–H groups in total. The van der Waals surface area contributed by atoms with Gasteiger partial charge in [-0.15, -0.1) is 0 Å². The monoisotopic (exact) mass is 774 g/mol. The Morgan fingerprint density at radius 1 is 0.344 bits per heavy atom. The number of fused-ring (bicyclic) bond motifs is 14. The van der Waals surface area contributed by atoms with Crippen molar-refractivity contribution >= 4 is 49.6 Å². The van der Waals surface area contributed by atoms with E-state index in [1.165, 1.54) is 93.9 Å². The molecule has 0 saturated heterocycles. The average Bonchev–Trinajstić information content (AvgIpc) is 3.94. The van der Waals surface area contributed by atoms with E-state index in [0.717, 1.165) is 17.1 Å². The first-order valence-corrected chi connectivity index (χ1v) is 21.2. The van der Waals surface area contributed by atoms with Crippen molar-refractivity contribution in [2.24, 2.45) is 0 Å². The zero-order chi connectivity index (χ0) is 40.1. The summed E-state index contributed by atoms with van der Waals surface area (Å²) in [7, 11) is 0. The standard InChI is InChI=1S/C59H38N2/c1-2-16-39(17-3-1)40-32-34-42(35-33-40)60(54-30-14-19-41-18-4-5-20-44(41)54)43-36-37-56-50(38-43)48-24-9-13-29-55(48)61(56)57-31-15-25-49-47-23-8-12-28-53(47)59(58(49)57)51-26-10-6-21-45(51)46-22-7-11-27-52(46)59/h1-38H. The van der Waals surface area contributed by atoms with Gasteiger partial charge in [-0.05, 0) is 104 Å². The highest BCUT2D eigenvalue weighted by atomic mass is 15.1. The maximum Gasteiger partial charge on any atom is 0.0746 e. The molecule has 13 rings (SSSR count). The molecule has 61 heavy (non-hydrogen) atoms. The second kappa shape index (κ2) is 13.0. The van der Waals surface area contributed by atoms with Crippen LogP contribution in [-0.2, 0) is 5.41 Å². The van der Waals surface area contributed by atoms with E-state index in [1.54, 1.807) is 0 Å². The molecule has 0 fully saturated rings. The molecule has 2 aliphatic carbocycles. The lowest BCUT2D eigenvalue weighted by molar-refractivity contribution is 0.786. The topological polar surface area (TPSA) is 8.17 Å². The number of nitrogens with zero attached hydrogens (tertiary/aromatic N) is 2. The van der Waals surface area contributed by atoms with Crippen molar-refractivity contribution in [1.82, 2.24) is 4.57 Å². The molecule has 2 aliphatic rings. The van der Waals surface area contributed by atoms with Crippen molar-refractivity contribution in [2.75, 3.05) is 4.90 Å². The first-order valence-electron chi connectivity index (χ1n) is 21.2. The molecule has 1 aromatic heterocycles. The first-order chi connectivity index (χ1) is 30.3. The van der Waals surface area contributed by atoms with E-state index >= 15 is 0 Å². The highest BCUT2D eigenvalue weighted by Crippen LogP contribution is 2.64. The van der Waals surface area contributed by atoms with E-state index in [4.69, 9.17) is 0 Å². The molecule has 0 unspecified atom stereocenters. The third kappa shape index (κ3) is 4.73. The van der Waals surface area contributed by atoms with E-state index in [9.17, 15) is 0 Å². The van der Waals surface area contributed by atoms with Crippen molar-refractivity contribution in [3.8, 4) is 39.1 Å². The normalized spacial score (nSPS) is 13.0. The summed E-state index contributed by atoms with van der Waals surface area (Å²) >= 11 is 0. The summed E-state index contributed by atoms with van der Waals surface area (Å²) in [6, 6.07) is 85.2. The van der Waals surface area contributed by atoms with Gasteiger partial charge in [0.15, 0.2) is 0 Å². The molecule has 0 aliphatic heterocycles. The van der Waals surface area contributed by atoms with Crippen molar-refractivity contribution in [1.29, 1.82) is 0 Å². The maximum absolute atomic E-state index is 2.54. The van der Waals surface area contributed by atoms with Crippen molar-refractivity contribution in [2.45, 2.75) is 5.41 Å². The van der Waals surface area contributed by atoms with E-state index in [2.05, 4.69) is 240 Å². The summed E-state index contributed by atoms with van der Waals surface area (Å²) in [5, 5.41) is 4.87. The molecular formula is C59H38N2. The second-order valence-corrected chi connectivity index (χ2v) is 16.4. The van der Waals surface area contributed by atoms with E-state index in [0.29, 0.717) is 0 Å². The minimum atomic E-state index is -0.468. The Labute approximate surface area is 354 Å². The molecule has 0 amide bonds. The smallest absolute Gasteiger partial charge is 0.0746 e. The zero-order valence-electron chi connectivity index (χ0n) is 33.3. The van der Waals surface area contributed by atoms with Crippen LogP contribution < -0.4 is 4.90 Å². The molecule has 11 aromatic rings. The van der Waals surface area contributed by atoms with E-state index in [1.807, 2.05) is 0 Å². The molecule has 10 aromatic carbocycles. The van der Waals surface area contributed by atoms with Crippen LogP contribution in [0.15, 0.2) is 231 Å². The van der Waals surface area contributed by atoms with Gasteiger partial charge in [-0.1, -0.05) is 182 Å². The van der Waals surface area contributed by atoms with Gasteiger partial charge in [0.2, 0.25) is 0 Å². The van der Waals surface area contributed by atoms with Crippen LogP contribution >= 0.6 is 0 Å². The van der Waals surface area contributed by atoms with Gasteiger partial charge < -0.3 is 9.47 Å². The lowest BCUT2D eigenvalue weighted by Gasteiger charge is -2.32. The van der Waals surface area contributed by atoms with Crippen LogP contribution in [0.4, 0.5) is 17.1 Å². The summed E-state index contributed by atoms with van der Waals surface area (Å²) in [5.41, 5.74) is 19.5. The lowest BCUT2D eigenvalue weighted by Crippen LogP contribution is -2.27. The lowest BCUT2D eigenvalue weighted by atomic mass is 9.70. The molecule has 0 saturated carbocycles. The van der Waals surface area contributed by atoms with Crippen LogP contribution in [0.3, 0.4) is 0 Å². The van der Waals surface area contributed by atoms with Gasteiger partial charge in [0.05, 0.1) is 27.8 Å². The third-order valence-corrected chi connectivity index (χ3v) is 13.4. The van der Waals surface area contributed by atoms with Crippen molar-refractivity contribution < 1.29 is 0 Å². The first kappa shape index (κ1) is 34.0. The van der Waals surface area contributed by atoms with Crippen LogP contribution in [0, 0.1) is 0 Å². The fourth-order valence-electron chi connectivity index (χ4n) is 10.9. The Morgan fingerprint density at radius 2 is 0.869 bits per heavy atom. The molecule has 0 radical (unpaired) electrons. The summed E-state index contributed by atoms with van der Waals surface area (Å²) in [5.74, 6) is 0. The quantitative estimate of drug-likeness (QED) is 0.169. The van der Waals surface area contributed by atoms with Gasteiger partial charge in [0.1, 0.15) is 0 Å². The van der Waals surface area contributed by atoms with Gasteiger partial charge in [-0.25, -0.2) is 0 Å². The molecule has 1 spiro atoms.